The first kappa shape index (κ1) is 85.6. The summed E-state index contributed by atoms with van der Waals surface area (Å²) < 4.78 is 22.2. The zero-order valence-electron chi connectivity index (χ0n) is 74.6. The monoisotopic (exact) mass is 1780 g/mol. The van der Waals surface area contributed by atoms with Gasteiger partial charge in [0.15, 0.2) is 11.5 Å². The number of carbonyl (C=O) groups is 4. The van der Waals surface area contributed by atoms with Gasteiger partial charge in [0.05, 0.1) is 63.4 Å². The fourth-order valence-electron chi connectivity index (χ4n) is 21.0. The third-order valence-electron chi connectivity index (χ3n) is 28.0. The summed E-state index contributed by atoms with van der Waals surface area (Å²) in [5, 5.41) is 47.5. The van der Waals surface area contributed by atoms with Crippen LogP contribution in [-0.4, -0.2) is 144 Å². The Morgan fingerprint density at radius 1 is 0.321 bits per heavy atom. The molecule has 7 aliphatic rings. The summed E-state index contributed by atoms with van der Waals surface area (Å²) in [5.41, 5.74) is 22.1. The second-order valence-electron chi connectivity index (χ2n) is 36.4. The van der Waals surface area contributed by atoms with Crippen molar-refractivity contribution in [2.45, 2.75) is 144 Å². The molecule has 0 radical (unpaired) electrons. The van der Waals surface area contributed by atoms with Gasteiger partial charge in [-0.05, 0) is 231 Å². The summed E-state index contributed by atoms with van der Waals surface area (Å²) in [6, 6.07) is 89.4. The molecule has 4 fully saturated rings. The molecule has 12 aromatic carbocycles. The normalized spacial score (nSPS) is 19.4. The Balaban J connectivity index is 0.000000107. The minimum atomic E-state index is -0.241. The number of hydrogen-bond donors (Lipinski definition) is 10. The highest BCUT2D eigenvalue weighted by Gasteiger charge is 2.35. The zero-order chi connectivity index (χ0) is 90.5. The lowest BCUT2D eigenvalue weighted by atomic mass is 9.80. The van der Waals surface area contributed by atoms with Gasteiger partial charge in [-0.15, -0.1) is 0 Å². The third kappa shape index (κ3) is 18.3. The number of H-pyrrole nitrogens is 6. The maximum Gasteiger partial charge on any atom is 0.323 e. The van der Waals surface area contributed by atoms with Crippen LogP contribution < -0.4 is 45.9 Å². The summed E-state index contributed by atoms with van der Waals surface area (Å²) >= 11 is 0. The van der Waals surface area contributed by atoms with Crippen LogP contribution in [0.25, 0.3) is 99.7 Å². The van der Waals surface area contributed by atoms with Crippen molar-refractivity contribution in [2.24, 2.45) is 0 Å². The summed E-state index contributed by atoms with van der Waals surface area (Å²) in [6.07, 6.45) is 16.2. The van der Waals surface area contributed by atoms with Gasteiger partial charge < -0.3 is 55.1 Å². The quantitative estimate of drug-likeness (QED) is 0.0430. The smallest absolute Gasteiger partial charge is 0.323 e. The van der Waals surface area contributed by atoms with E-state index in [2.05, 4.69) is 193 Å². The van der Waals surface area contributed by atoms with E-state index in [9.17, 15) is 24.0 Å². The van der Waals surface area contributed by atoms with Crippen LogP contribution >= 0.6 is 0 Å². The zero-order valence-corrected chi connectivity index (χ0v) is 74.6. The van der Waals surface area contributed by atoms with Gasteiger partial charge in [0.2, 0.25) is 6.79 Å². The van der Waals surface area contributed by atoms with Crippen LogP contribution in [0.5, 0.6) is 23.0 Å². The van der Waals surface area contributed by atoms with Gasteiger partial charge in [-0.3, -0.25) is 39.6 Å². The summed E-state index contributed by atoms with van der Waals surface area (Å²) in [7, 11) is 2.12. The van der Waals surface area contributed by atoms with Crippen molar-refractivity contribution in [3.63, 3.8) is 0 Å². The molecule has 1 saturated heterocycles. The average molecular weight is 1780 g/mol. The predicted octanol–water partition coefficient (Wildman–Crippen LogP) is 20.3. The Morgan fingerprint density at radius 3 is 1.05 bits per heavy atom. The predicted molar refractivity (Wildman–Crippen MR) is 522 cm³/mol. The van der Waals surface area contributed by atoms with E-state index in [1.807, 2.05) is 158 Å². The van der Waals surface area contributed by atoms with Crippen LogP contribution in [0.15, 0.2) is 272 Å². The number of rotatable bonds is 16. The van der Waals surface area contributed by atoms with Crippen LogP contribution in [0.1, 0.15) is 182 Å². The first-order chi connectivity index (χ1) is 65.8. The Bertz CT molecular complexity index is 7020. The lowest BCUT2D eigenvalue weighted by Crippen LogP contribution is -2.50. The van der Waals surface area contributed by atoms with E-state index < -0.39 is 0 Å². The molecule has 5 aromatic heterocycles. The Labute approximate surface area is 774 Å². The molecular formula is C110H105N15O9. The molecule has 3 saturated carbocycles. The van der Waals surface area contributed by atoms with Crippen molar-refractivity contribution in [1.82, 2.24) is 76.9 Å². The summed E-state index contributed by atoms with van der Waals surface area (Å²) in [4.78, 5) is 72.7. The second-order valence-corrected chi connectivity index (χ2v) is 36.4. The number of ether oxygens (including phenoxy) is 4. The fraction of sp³-hybridized carbons (Fsp3) is 0.264. The molecule has 0 spiro atoms. The number of aromatic nitrogens is 10. The maximum absolute atomic E-state index is 13.4. The third-order valence-corrected chi connectivity index (χ3v) is 28.0. The Hall–Kier alpha value is -15.2. The van der Waals surface area contributed by atoms with Gasteiger partial charge in [-0.2, -0.15) is 20.4 Å². The van der Waals surface area contributed by atoms with E-state index in [0.29, 0.717) is 51.7 Å². The first-order valence-corrected chi connectivity index (χ1v) is 47.0. The molecule has 4 aliphatic heterocycles. The maximum atomic E-state index is 13.4. The summed E-state index contributed by atoms with van der Waals surface area (Å²) in [6.45, 7) is 3.56. The highest BCUT2D eigenvalue weighted by molar-refractivity contribution is 6.06. The number of aromatic amines is 6. The molecular weight excluding hydrogens is 1680 g/mol. The number of nitrogens with one attached hydrogen (secondary N) is 10. The van der Waals surface area contributed by atoms with Crippen molar-refractivity contribution in [3.8, 4) is 68.0 Å². The van der Waals surface area contributed by atoms with Crippen molar-refractivity contribution >= 4 is 78.3 Å². The number of likely N-dealkylation sites (tertiary alicyclic amines) is 1. The lowest BCUT2D eigenvalue weighted by molar-refractivity contribution is 0.0895. The van der Waals surface area contributed by atoms with E-state index >= 15 is 0 Å². The summed E-state index contributed by atoms with van der Waals surface area (Å²) in [5.74, 6) is 4.56. The number of hydrogen-bond acceptors (Lipinski definition) is 14. The van der Waals surface area contributed by atoms with Crippen molar-refractivity contribution in [1.29, 1.82) is 0 Å². The number of amides is 4. The van der Waals surface area contributed by atoms with Crippen molar-refractivity contribution in [2.75, 3.05) is 40.1 Å². The SMILES string of the molecule is CN1CC[C@@H](c2ccccc2)[C@H](NC(=O)c2ccc3[nH]nc(-c4ccc5c(c4)CCO5)c3c2)C1.O=C(N[C@@H]1CCCC[C@H]1c1ccccc1)c1ccc2[nH]nc(-c3ccc4[nH]c(=O)[nH]c4c3)c2c1.O=C(N[C@@H]1CCCC[C@H]1c1ccccc1)c1ccc2[nH]nc(-c3ccc4c(c3)CCO4)c2c1.O=C(N[C@@H]1CCCC[C@H]1c1ccccc1)c1ccc2[nH]nc(-c3ccc4c(c3)OCO4)c2c1. The number of benzene rings is 12. The van der Waals surface area contributed by atoms with Crippen LogP contribution in [0, 0.1) is 0 Å². The van der Waals surface area contributed by atoms with Gasteiger partial charge in [0.25, 0.3) is 23.6 Å². The largest absolute Gasteiger partial charge is 0.493 e. The van der Waals surface area contributed by atoms with Crippen molar-refractivity contribution < 1.29 is 38.1 Å². The van der Waals surface area contributed by atoms with E-state index in [1.165, 1.54) is 52.6 Å². The molecule has 0 unspecified atom stereocenters. The van der Waals surface area contributed by atoms with E-state index in [-0.39, 0.29) is 60.3 Å². The van der Waals surface area contributed by atoms with Gasteiger partial charge >= 0.3 is 5.69 Å². The van der Waals surface area contributed by atoms with Gasteiger partial charge in [-0.1, -0.05) is 166 Å². The second kappa shape index (κ2) is 38.3. The van der Waals surface area contributed by atoms with E-state index in [0.717, 1.165) is 220 Å². The van der Waals surface area contributed by atoms with Gasteiger partial charge in [-0.25, -0.2) is 4.79 Å². The number of carbonyl (C=O) groups excluding carboxylic acids is 4. The number of fused-ring (bicyclic) bond motifs is 8. The number of piperidine rings is 1. The molecule has 17 aromatic rings. The van der Waals surface area contributed by atoms with E-state index in [1.54, 1.807) is 0 Å². The molecule has 4 amide bonds. The molecule has 24 nitrogen and oxygen atoms in total. The highest BCUT2D eigenvalue weighted by atomic mass is 16.7. The Morgan fingerprint density at radius 2 is 0.649 bits per heavy atom. The molecule has 24 rings (SSSR count). The van der Waals surface area contributed by atoms with Gasteiger partial charge in [0.1, 0.15) is 17.2 Å². The molecule has 24 heteroatoms. The Kier molecular flexibility index (Phi) is 24.5. The molecule has 674 valence electrons. The molecule has 3 aliphatic carbocycles. The number of likely N-dealkylation sites (N-methyl/N-ethyl adjacent to an activating group) is 1. The molecule has 9 heterocycles. The average Bonchev–Trinajstić information content (AvgIpc) is 1.64. The number of imidazole rings is 1. The lowest BCUT2D eigenvalue weighted by Gasteiger charge is -2.37. The number of nitrogens with zero attached hydrogens (tertiary/aromatic N) is 5. The standard InChI is InChI=1S/C28H28N4O2.C28H27N3O2.C27H25N5O2.C27H25N3O3/c1-32-13-11-22(18-5-3-2-4-6-18)25(17-32)29-28(33)21-7-9-24-23(16-21)27(31-30-24)20-8-10-26-19(15-20)12-14-34-26;32-28(29-24-9-5-4-8-22(24)18-6-2-1-3-7-18)21-10-12-25-23(17-21)27(31-30-25)20-11-13-26-19(16-20)14-15-33-26;33-26(28-21-9-5-4-8-19(21)16-6-2-1-3-7-16)18-11-12-22-20(14-18)25(32-31-22)17-10-13-23-24(15-17)30-27(34)29-23;31-27(28-22-9-5-4-8-20(22)17-6-2-1-3-7-17)19-10-12-23-21(14-19)26(30-29-23)18-11-13-24-25(15-18)33-16-32-24/h2-10,15-16,22,25H,11-14,17H2,1H3,(H,29,33)(H,30,31);1-3,6-7,10-13,16-17,22,24H,4-5,8-9,14-15H2,(H,29,32)(H,30,31);1-3,6-7,10-15,19,21H,4-5,8-9H2,(H,28,33)(H,31,32)(H2,29,30,34);1-3,6-7,10-15,20,22H,4-5,8-9,16H2,(H,28,31)(H,29,30)/t22-,25+;22-,24+;19-,21+;20-,22+/m0000/s1. The minimum absolute atomic E-state index is 0.0146. The van der Waals surface area contributed by atoms with Gasteiger partial charge in [0, 0.05) is 133 Å². The van der Waals surface area contributed by atoms with Crippen LogP contribution in [0.4, 0.5) is 0 Å². The van der Waals surface area contributed by atoms with Crippen LogP contribution in [0.3, 0.4) is 0 Å². The topological polar surface area (TPSA) is 320 Å². The molecule has 134 heavy (non-hydrogen) atoms. The van der Waals surface area contributed by atoms with Crippen LogP contribution in [0.2, 0.25) is 0 Å². The highest BCUT2D eigenvalue weighted by Crippen LogP contribution is 2.43. The molecule has 8 atom stereocenters. The minimum Gasteiger partial charge on any atom is -0.493 e. The van der Waals surface area contributed by atoms with E-state index in [4.69, 9.17) is 18.9 Å². The molecule has 10 N–H and O–H groups in total. The van der Waals surface area contributed by atoms with Crippen LogP contribution in [-0.2, 0) is 12.8 Å². The fourth-order valence-corrected chi connectivity index (χ4v) is 21.0. The van der Waals surface area contributed by atoms with Crippen molar-refractivity contribution in [3.05, 3.63) is 333 Å². The first-order valence-electron chi connectivity index (χ1n) is 47.0. The molecule has 0 bridgehead atoms.